The van der Waals surface area contributed by atoms with E-state index >= 15 is 0 Å². The Bertz CT molecular complexity index is 596. The van der Waals surface area contributed by atoms with Crippen molar-refractivity contribution in [2.24, 2.45) is 0 Å². The number of halogens is 1. The second-order valence-electron chi connectivity index (χ2n) is 3.93. The van der Waals surface area contributed by atoms with E-state index in [1.54, 1.807) is 18.2 Å². The molecule has 0 atom stereocenters. The molecule has 2 N–H and O–H groups in total. The molecule has 0 aromatic heterocycles. The van der Waals surface area contributed by atoms with Crippen molar-refractivity contribution in [2.45, 2.75) is 6.92 Å². The van der Waals surface area contributed by atoms with Crippen molar-refractivity contribution in [1.82, 2.24) is 0 Å². The van der Waals surface area contributed by atoms with Crippen molar-refractivity contribution in [3.8, 4) is 0 Å². The first-order chi connectivity index (χ1) is 8.58. The highest BCUT2D eigenvalue weighted by atomic mass is 79.9. The molecule has 2 aromatic carbocycles. The first-order valence-corrected chi connectivity index (χ1v) is 6.23. The summed E-state index contributed by atoms with van der Waals surface area (Å²) < 4.78 is 0.948. The van der Waals surface area contributed by atoms with Gasteiger partial charge in [0.25, 0.3) is 0 Å². The summed E-state index contributed by atoms with van der Waals surface area (Å²) in [6, 6.07) is 12.7. The third-order valence-electron chi connectivity index (χ3n) is 2.63. The van der Waals surface area contributed by atoms with E-state index in [0.29, 0.717) is 5.69 Å². The first-order valence-electron chi connectivity index (χ1n) is 5.43. The minimum absolute atomic E-state index is 0.261. The molecular weight excluding hydrogens is 294 g/mol. The maximum absolute atomic E-state index is 11.1. The van der Waals surface area contributed by atoms with Gasteiger partial charge in [0.2, 0.25) is 0 Å². The van der Waals surface area contributed by atoms with Crippen molar-refractivity contribution in [2.75, 3.05) is 5.32 Å². The van der Waals surface area contributed by atoms with Gasteiger partial charge in [-0.3, -0.25) is 0 Å². The molecule has 0 aliphatic heterocycles. The van der Waals surface area contributed by atoms with Gasteiger partial charge >= 0.3 is 5.97 Å². The molecule has 3 nitrogen and oxygen atoms in total. The largest absolute Gasteiger partial charge is 0.478 e. The number of hydrogen-bond acceptors (Lipinski definition) is 2. The molecule has 92 valence electrons. The van der Waals surface area contributed by atoms with E-state index in [2.05, 4.69) is 21.2 Å². The van der Waals surface area contributed by atoms with Crippen LogP contribution in [0.1, 0.15) is 15.9 Å². The van der Waals surface area contributed by atoms with Gasteiger partial charge in [0.15, 0.2) is 0 Å². The number of aryl methyl sites for hydroxylation is 1. The monoisotopic (exact) mass is 305 g/mol. The minimum Gasteiger partial charge on any atom is -0.478 e. The van der Waals surface area contributed by atoms with Crippen molar-refractivity contribution >= 4 is 33.3 Å². The summed E-state index contributed by atoms with van der Waals surface area (Å²) in [5.74, 6) is -0.939. The quantitative estimate of drug-likeness (QED) is 0.893. The van der Waals surface area contributed by atoms with Gasteiger partial charge in [0, 0.05) is 10.2 Å². The van der Waals surface area contributed by atoms with Gasteiger partial charge < -0.3 is 10.4 Å². The molecule has 2 rings (SSSR count). The minimum atomic E-state index is -0.939. The average molecular weight is 306 g/mol. The lowest BCUT2D eigenvalue weighted by molar-refractivity contribution is 0.0698. The van der Waals surface area contributed by atoms with Crippen LogP contribution in [0.3, 0.4) is 0 Å². The predicted molar refractivity (Wildman–Crippen MR) is 75.6 cm³/mol. The van der Waals surface area contributed by atoms with Crippen LogP contribution in [0.15, 0.2) is 46.9 Å². The lowest BCUT2D eigenvalue weighted by Gasteiger charge is -2.12. The molecular formula is C14H12BrNO2. The number of aromatic carboxylic acids is 1. The standard InChI is InChI=1S/C14H12BrNO2/c1-9-6-7-10(15)8-13(9)16-12-5-3-2-4-11(12)14(17)18/h2-8,16H,1H3,(H,17,18). The lowest BCUT2D eigenvalue weighted by atomic mass is 10.1. The van der Waals surface area contributed by atoms with Gasteiger partial charge in [-0.2, -0.15) is 0 Å². The van der Waals surface area contributed by atoms with Crippen LogP contribution < -0.4 is 5.32 Å². The zero-order valence-electron chi connectivity index (χ0n) is 9.77. The molecule has 18 heavy (non-hydrogen) atoms. The third kappa shape index (κ3) is 2.71. The smallest absolute Gasteiger partial charge is 0.337 e. The summed E-state index contributed by atoms with van der Waals surface area (Å²) >= 11 is 3.40. The number of carboxylic acids is 1. The second kappa shape index (κ2) is 5.23. The number of para-hydroxylation sites is 1. The van der Waals surface area contributed by atoms with Crippen LogP contribution in [-0.2, 0) is 0 Å². The Labute approximate surface area is 114 Å². The fraction of sp³-hybridized carbons (Fsp3) is 0.0714. The van der Waals surface area contributed by atoms with Crippen LogP contribution in [0, 0.1) is 6.92 Å². The van der Waals surface area contributed by atoms with Crippen molar-refractivity contribution in [3.05, 3.63) is 58.1 Å². The van der Waals surface area contributed by atoms with Gasteiger partial charge in [-0.25, -0.2) is 4.79 Å². The van der Waals surface area contributed by atoms with Gasteiger partial charge in [0.05, 0.1) is 11.3 Å². The summed E-state index contributed by atoms with van der Waals surface area (Å²) in [5, 5.41) is 12.3. The van der Waals surface area contributed by atoms with Gasteiger partial charge in [-0.1, -0.05) is 34.1 Å². The van der Waals surface area contributed by atoms with Crippen LogP contribution in [0.5, 0.6) is 0 Å². The van der Waals surface area contributed by atoms with Crippen LogP contribution in [0.25, 0.3) is 0 Å². The van der Waals surface area contributed by atoms with E-state index in [1.807, 2.05) is 31.2 Å². The molecule has 0 aliphatic carbocycles. The summed E-state index contributed by atoms with van der Waals surface area (Å²) in [4.78, 5) is 11.1. The number of anilines is 2. The molecule has 0 heterocycles. The molecule has 0 saturated heterocycles. The number of carboxylic acid groups (broad SMARTS) is 1. The summed E-state index contributed by atoms with van der Waals surface area (Å²) in [5.41, 5.74) is 2.79. The van der Waals surface area contributed by atoms with Crippen LogP contribution in [-0.4, -0.2) is 11.1 Å². The highest BCUT2D eigenvalue weighted by molar-refractivity contribution is 9.10. The number of hydrogen-bond donors (Lipinski definition) is 2. The third-order valence-corrected chi connectivity index (χ3v) is 3.12. The van der Waals surface area contributed by atoms with Crippen molar-refractivity contribution < 1.29 is 9.90 Å². The van der Waals surface area contributed by atoms with Crippen LogP contribution in [0.4, 0.5) is 11.4 Å². The maximum Gasteiger partial charge on any atom is 0.337 e. The van der Waals surface area contributed by atoms with Crippen LogP contribution >= 0.6 is 15.9 Å². The van der Waals surface area contributed by atoms with Crippen LogP contribution in [0.2, 0.25) is 0 Å². The maximum atomic E-state index is 11.1. The fourth-order valence-corrected chi connectivity index (χ4v) is 2.01. The second-order valence-corrected chi connectivity index (χ2v) is 4.85. The zero-order chi connectivity index (χ0) is 13.1. The normalized spacial score (nSPS) is 10.1. The fourth-order valence-electron chi connectivity index (χ4n) is 1.65. The highest BCUT2D eigenvalue weighted by Gasteiger charge is 2.09. The number of benzene rings is 2. The summed E-state index contributed by atoms with van der Waals surface area (Å²) in [7, 11) is 0. The Balaban J connectivity index is 2.40. The highest BCUT2D eigenvalue weighted by Crippen LogP contribution is 2.26. The van der Waals surface area contributed by atoms with Gasteiger partial charge in [-0.05, 0) is 36.8 Å². The predicted octanol–water partition coefficient (Wildman–Crippen LogP) is 4.20. The molecule has 0 amide bonds. The summed E-state index contributed by atoms with van der Waals surface area (Å²) in [6.45, 7) is 1.97. The average Bonchev–Trinajstić information content (AvgIpc) is 2.34. The van der Waals surface area contributed by atoms with E-state index in [1.165, 1.54) is 0 Å². The molecule has 0 spiro atoms. The summed E-state index contributed by atoms with van der Waals surface area (Å²) in [6.07, 6.45) is 0. The molecule has 0 aliphatic rings. The Morgan fingerprint density at radius 1 is 1.17 bits per heavy atom. The lowest BCUT2D eigenvalue weighted by Crippen LogP contribution is -2.03. The SMILES string of the molecule is Cc1ccc(Br)cc1Nc1ccccc1C(=O)O. The molecule has 0 bridgehead atoms. The number of nitrogens with one attached hydrogen (secondary N) is 1. The first kappa shape index (κ1) is 12.6. The molecule has 0 unspecified atom stereocenters. The van der Waals surface area contributed by atoms with Crippen molar-refractivity contribution in [3.63, 3.8) is 0 Å². The Morgan fingerprint density at radius 3 is 2.61 bits per heavy atom. The van der Waals surface area contributed by atoms with Gasteiger partial charge in [-0.15, -0.1) is 0 Å². The van der Waals surface area contributed by atoms with Crippen molar-refractivity contribution in [1.29, 1.82) is 0 Å². The number of carbonyl (C=O) groups is 1. The Kier molecular flexibility index (Phi) is 3.67. The molecule has 0 radical (unpaired) electrons. The molecule has 2 aromatic rings. The van der Waals surface area contributed by atoms with Gasteiger partial charge in [0.1, 0.15) is 0 Å². The topological polar surface area (TPSA) is 49.3 Å². The Hall–Kier alpha value is -1.81. The van der Waals surface area contributed by atoms with E-state index in [9.17, 15) is 4.79 Å². The Morgan fingerprint density at radius 2 is 1.89 bits per heavy atom. The van der Waals surface area contributed by atoms with E-state index < -0.39 is 5.97 Å². The molecule has 4 heteroatoms. The van der Waals surface area contributed by atoms with E-state index in [4.69, 9.17) is 5.11 Å². The molecule has 0 saturated carbocycles. The van der Waals surface area contributed by atoms with E-state index in [-0.39, 0.29) is 5.56 Å². The zero-order valence-corrected chi connectivity index (χ0v) is 11.4. The van der Waals surface area contributed by atoms with E-state index in [0.717, 1.165) is 15.7 Å². The number of rotatable bonds is 3. The molecule has 0 fully saturated rings.